The second-order valence-corrected chi connectivity index (χ2v) is 3.23. The Morgan fingerprint density at radius 3 is 2.94 bits per heavy atom. The lowest BCUT2D eigenvalue weighted by Crippen LogP contribution is -2.07. The molecule has 0 fully saturated rings. The van der Waals surface area contributed by atoms with Crippen LogP contribution in [0.5, 0.6) is 5.75 Å². The van der Waals surface area contributed by atoms with Crippen LogP contribution < -0.4 is 4.74 Å². The van der Waals surface area contributed by atoms with Crippen LogP contribution in [0.4, 0.5) is 0 Å². The number of methoxy groups -OCH3 is 1. The van der Waals surface area contributed by atoms with E-state index in [2.05, 4.69) is 11.3 Å². The maximum absolute atomic E-state index is 11.3. The fraction of sp³-hybridized carbons (Fsp3) is 0.308. The number of benzene rings is 1. The van der Waals surface area contributed by atoms with Gasteiger partial charge in [-0.25, -0.2) is 4.79 Å². The van der Waals surface area contributed by atoms with Gasteiger partial charge in [0.25, 0.3) is 0 Å². The Bertz CT molecular complexity index is 373. The molecule has 0 spiro atoms. The lowest BCUT2D eigenvalue weighted by atomic mass is 10.2. The van der Waals surface area contributed by atoms with Crippen molar-refractivity contribution in [1.29, 1.82) is 0 Å². The third-order valence-electron chi connectivity index (χ3n) is 1.99. The standard InChI is InChI=1S/C13H16O4/c1-3-7-16-8-9-17-12-6-4-5-11(10-12)13(14)15-2/h3-6,10H,1,7-9H2,2H3. The smallest absolute Gasteiger partial charge is 0.337 e. The zero-order valence-electron chi connectivity index (χ0n) is 9.85. The summed E-state index contributed by atoms with van der Waals surface area (Å²) in [6.45, 7) is 4.95. The van der Waals surface area contributed by atoms with Crippen LogP contribution in [0.25, 0.3) is 0 Å². The summed E-state index contributed by atoms with van der Waals surface area (Å²) in [5, 5.41) is 0. The van der Waals surface area contributed by atoms with Crippen LogP contribution in [0.15, 0.2) is 36.9 Å². The number of rotatable bonds is 7. The third kappa shape index (κ3) is 4.70. The molecule has 17 heavy (non-hydrogen) atoms. The first-order valence-corrected chi connectivity index (χ1v) is 5.27. The molecule has 0 aliphatic rings. The molecule has 92 valence electrons. The molecule has 1 rings (SSSR count). The molecule has 0 radical (unpaired) electrons. The van der Waals surface area contributed by atoms with Gasteiger partial charge in [0, 0.05) is 0 Å². The van der Waals surface area contributed by atoms with Gasteiger partial charge in [0.1, 0.15) is 12.4 Å². The average molecular weight is 236 g/mol. The van der Waals surface area contributed by atoms with Crippen molar-refractivity contribution in [3.63, 3.8) is 0 Å². The molecule has 1 aromatic rings. The number of carbonyl (C=O) groups is 1. The highest BCUT2D eigenvalue weighted by atomic mass is 16.5. The molecule has 0 saturated heterocycles. The number of hydrogen-bond donors (Lipinski definition) is 0. The molecule has 0 aromatic heterocycles. The van der Waals surface area contributed by atoms with Gasteiger partial charge in [0.05, 0.1) is 25.9 Å². The summed E-state index contributed by atoms with van der Waals surface area (Å²) < 4.78 is 15.2. The first kappa shape index (κ1) is 13.3. The van der Waals surface area contributed by atoms with Crippen LogP contribution >= 0.6 is 0 Å². The average Bonchev–Trinajstić information content (AvgIpc) is 2.38. The second-order valence-electron chi connectivity index (χ2n) is 3.23. The molecule has 0 unspecified atom stereocenters. The topological polar surface area (TPSA) is 44.8 Å². The Kier molecular flexibility index (Phi) is 5.82. The van der Waals surface area contributed by atoms with Crippen molar-refractivity contribution < 1.29 is 19.0 Å². The number of ether oxygens (including phenoxy) is 3. The Labute approximate surface area is 101 Å². The molecule has 4 heteroatoms. The summed E-state index contributed by atoms with van der Waals surface area (Å²) in [6, 6.07) is 6.83. The van der Waals surface area contributed by atoms with Gasteiger partial charge in [-0.1, -0.05) is 12.1 Å². The Morgan fingerprint density at radius 2 is 2.24 bits per heavy atom. The summed E-state index contributed by atoms with van der Waals surface area (Å²) in [7, 11) is 1.35. The van der Waals surface area contributed by atoms with E-state index in [4.69, 9.17) is 9.47 Å². The van der Waals surface area contributed by atoms with Crippen molar-refractivity contribution in [3.8, 4) is 5.75 Å². The Morgan fingerprint density at radius 1 is 1.41 bits per heavy atom. The van der Waals surface area contributed by atoms with Crippen molar-refractivity contribution in [3.05, 3.63) is 42.5 Å². The van der Waals surface area contributed by atoms with Crippen LogP contribution in [-0.2, 0) is 9.47 Å². The van der Waals surface area contributed by atoms with Gasteiger partial charge in [-0.05, 0) is 18.2 Å². The van der Waals surface area contributed by atoms with Gasteiger partial charge < -0.3 is 14.2 Å². The Hall–Kier alpha value is -1.81. The van der Waals surface area contributed by atoms with E-state index < -0.39 is 0 Å². The molecule has 0 aliphatic carbocycles. The monoisotopic (exact) mass is 236 g/mol. The van der Waals surface area contributed by atoms with Crippen molar-refractivity contribution in [2.75, 3.05) is 26.9 Å². The molecule has 1 aromatic carbocycles. The number of esters is 1. The van der Waals surface area contributed by atoms with Gasteiger partial charge in [-0.15, -0.1) is 6.58 Å². The summed E-state index contributed by atoms with van der Waals surface area (Å²) in [6.07, 6.45) is 1.68. The van der Waals surface area contributed by atoms with E-state index in [9.17, 15) is 4.79 Å². The SMILES string of the molecule is C=CCOCCOc1cccc(C(=O)OC)c1. The van der Waals surface area contributed by atoms with Gasteiger partial charge >= 0.3 is 5.97 Å². The van der Waals surface area contributed by atoms with Crippen molar-refractivity contribution >= 4 is 5.97 Å². The highest BCUT2D eigenvalue weighted by molar-refractivity contribution is 5.89. The quantitative estimate of drug-likeness (QED) is 0.413. The molecule has 0 atom stereocenters. The summed E-state index contributed by atoms with van der Waals surface area (Å²) >= 11 is 0. The fourth-order valence-electron chi connectivity index (χ4n) is 1.22. The first-order valence-electron chi connectivity index (χ1n) is 5.27. The van der Waals surface area contributed by atoms with Gasteiger partial charge in [0.2, 0.25) is 0 Å². The fourth-order valence-corrected chi connectivity index (χ4v) is 1.22. The number of hydrogen-bond acceptors (Lipinski definition) is 4. The van der Waals surface area contributed by atoms with Gasteiger partial charge in [-0.2, -0.15) is 0 Å². The normalized spacial score (nSPS) is 9.71. The van der Waals surface area contributed by atoms with Crippen LogP contribution in [0.3, 0.4) is 0 Å². The first-order chi connectivity index (χ1) is 8.27. The van der Waals surface area contributed by atoms with Crippen molar-refractivity contribution in [1.82, 2.24) is 0 Å². The van der Waals surface area contributed by atoms with Crippen LogP contribution in [-0.4, -0.2) is 32.9 Å². The molecular weight excluding hydrogens is 220 g/mol. The van der Waals surface area contributed by atoms with E-state index in [0.717, 1.165) is 0 Å². The predicted octanol–water partition coefficient (Wildman–Crippen LogP) is 2.05. The van der Waals surface area contributed by atoms with E-state index in [0.29, 0.717) is 31.1 Å². The number of carbonyl (C=O) groups excluding carboxylic acids is 1. The lowest BCUT2D eigenvalue weighted by Gasteiger charge is -2.07. The highest BCUT2D eigenvalue weighted by Crippen LogP contribution is 2.13. The zero-order valence-corrected chi connectivity index (χ0v) is 9.85. The highest BCUT2D eigenvalue weighted by Gasteiger charge is 2.05. The Balaban J connectivity index is 2.43. The molecular formula is C13H16O4. The van der Waals surface area contributed by atoms with E-state index >= 15 is 0 Å². The minimum atomic E-state index is -0.377. The predicted molar refractivity (Wildman–Crippen MR) is 64.3 cm³/mol. The summed E-state index contributed by atoms with van der Waals surface area (Å²) in [5.74, 6) is 0.244. The minimum Gasteiger partial charge on any atom is -0.491 e. The van der Waals surface area contributed by atoms with Gasteiger partial charge in [0.15, 0.2) is 0 Å². The molecule has 0 N–H and O–H groups in total. The molecule has 4 nitrogen and oxygen atoms in total. The van der Waals surface area contributed by atoms with Crippen LogP contribution in [0.1, 0.15) is 10.4 Å². The van der Waals surface area contributed by atoms with Crippen molar-refractivity contribution in [2.24, 2.45) is 0 Å². The van der Waals surface area contributed by atoms with Crippen molar-refractivity contribution in [2.45, 2.75) is 0 Å². The zero-order chi connectivity index (χ0) is 12.5. The van der Waals surface area contributed by atoms with Crippen LogP contribution in [0.2, 0.25) is 0 Å². The maximum atomic E-state index is 11.3. The third-order valence-corrected chi connectivity index (χ3v) is 1.99. The van der Waals surface area contributed by atoms with E-state index in [1.54, 1.807) is 30.3 Å². The largest absolute Gasteiger partial charge is 0.491 e. The van der Waals surface area contributed by atoms with Gasteiger partial charge in [-0.3, -0.25) is 0 Å². The molecule has 0 saturated carbocycles. The van der Waals surface area contributed by atoms with E-state index in [1.807, 2.05) is 0 Å². The lowest BCUT2D eigenvalue weighted by molar-refractivity contribution is 0.0600. The summed E-state index contributed by atoms with van der Waals surface area (Å²) in [5.41, 5.74) is 0.469. The molecule has 0 bridgehead atoms. The second kappa shape index (κ2) is 7.46. The molecule has 0 amide bonds. The van der Waals surface area contributed by atoms with Crippen LogP contribution in [0, 0.1) is 0 Å². The molecule has 0 heterocycles. The minimum absolute atomic E-state index is 0.377. The van der Waals surface area contributed by atoms with E-state index in [1.165, 1.54) is 7.11 Å². The summed E-state index contributed by atoms with van der Waals surface area (Å²) in [4.78, 5) is 11.3. The van der Waals surface area contributed by atoms with E-state index in [-0.39, 0.29) is 5.97 Å². The molecule has 0 aliphatic heterocycles. The maximum Gasteiger partial charge on any atom is 0.337 e.